The van der Waals surface area contributed by atoms with E-state index in [1.165, 1.54) is 19.3 Å². The molecule has 0 unspecified atom stereocenters. The quantitative estimate of drug-likeness (QED) is 0.861. The van der Waals surface area contributed by atoms with Crippen molar-refractivity contribution < 1.29 is 9.84 Å². The van der Waals surface area contributed by atoms with Crippen molar-refractivity contribution in [1.29, 1.82) is 0 Å². The van der Waals surface area contributed by atoms with Crippen LogP contribution in [0.2, 0.25) is 0 Å². The van der Waals surface area contributed by atoms with Crippen molar-refractivity contribution >= 4 is 0 Å². The minimum atomic E-state index is 0.166. The maximum absolute atomic E-state index is 9.08. The molecule has 0 spiro atoms. The number of aromatic nitrogens is 1. The Morgan fingerprint density at radius 2 is 2.13 bits per heavy atom. The molecule has 0 radical (unpaired) electrons. The van der Waals surface area contributed by atoms with E-state index in [1.807, 2.05) is 24.4 Å². The predicted molar refractivity (Wildman–Crippen MR) is 91.6 cm³/mol. The number of piperidine rings is 1. The number of ether oxygens (including phenoxy) is 1. The van der Waals surface area contributed by atoms with Crippen molar-refractivity contribution in [2.45, 2.75) is 31.7 Å². The van der Waals surface area contributed by atoms with E-state index >= 15 is 0 Å². The lowest BCUT2D eigenvalue weighted by molar-refractivity contribution is 0.238. The Kier molecular flexibility index (Phi) is 5.61. The first kappa shape index (κ1) is 16.0. The first-order chi connectivity index (χ1) is 11.3. The molecule has 2 aromatic rings. The fraction of sp³-hybridized carbons (Fsp3) is 0.421. The van der Waals surface area contributed by atoms with Crippen LogP contribution in [0, 0.1) is 0 Å². The second-order valence-corrected chi connectivity index (χ2v) is 6.04. The van der Waals surface area contributed by atoms with Crippen LogP contribution in [-0.2, 0) is 6.42 Å². The van der Waals surface area contributed by atoms with Crippen LogP contribution >= 0.6 is 0 Å². The van der Waals surface area contributed by atoms with Crippen LogP contribution in [-0.4, -0.2) is 35.9 Å². The minimum absolute atomic E-state index is 0.166. The number of nitrogens with zero attached hydrogens (tertiary/aromatic N) is 1. The van der Waals surface area contributed by atoms with Crippen molar-refractivity contribution in [3.8, 4) is 16.9 Å². The summed E-state index contributed by atoms with van der Waals surface area (Å²) in [6.45, 7) is 1.94. The van der Waals surface area contributed by atoms with E-state index in [0.717, 1.165) is 29.0 Å². The highest BCUT2D eigenvalue weighted by Gasteiger charge is 2.13. The van der Waals surface area contributed by atoms with Crippen LogP contribution in [0.4, 0.5) is 0 Å². The molecule has 23 heavy (non-hydrogen) atoms. The largest absolute Gasteiger partial charge is 0.490 e. The zero-order valence-electron chi connectivity index (χ0n) is 13.4. The number of aliphatic hydroxyl groups is 1. The van der Waals surface area contributed by atoms with E-state index in [-0.39, 0.29) is 6.61 Å². The van der Waals surface area contributed by atoms with Gasteiger partial charge in [-0.15, -0.1) is 0 Å². The van der Waals surface area contributed by atoms with Crippen LogP contribution < -0.4 is 10.1 Å². The van der Waals surface area contributed by atoms with Gasteiger partial charge >= 0.3 is 0 Å². The summed E-state index contributed by atoms with van der Waals surface area (Å²) in [6, 6.07) is 10.7. The average Bonchev–Trinajstić information content (AvgIpc) is 2.62. The number of benzene rings is 1. The highest BCUT2D eigenvalue weighted by atomic mass is 16.5. The SMILES string of the molecule is OCCc1cccc(-c2cncc(OC[C@H]3CCCCN3)c2)c1. The summed E-state index contributed by atoms with van der Waals surface area (Å²) in [7, 11) is 0. The first-order valence-electron chi connectivity index (χ1n) is 8.36. The molecule has 0 saturated carbocycles. The molecule has 122 valence electrons. The van der Waals surface area contributed by atoms with E-state index in [0.29, 0.717) is 19.1 Å². The van der Waals surface area contributed by atoms with Gasteiger partial charge in [0.1, 0.15) is 12.4 Å². The molecule has 4 nitrogen and oxygen atoms in total. The normalized spacial score (nSPS) is 17.9. The lowest BCUT2D eigenvalue weighted by Crippen LogP contribution is -2.38. The summed E-state index contributed by atoms with van der Waals surface area (Å²) in [6.07, 6.45) is 8.00. The molecular weight excluding hydrogens is 288 g/mol. The van der Waals surface area contributed by atoms with Gasteiger partial charge < -0.3 is 15.2 Å². The van der Waals surface area contributed by atoms with E-state index in [4.69, 9.17) is 9.84 Å². The molecule has 2 heterocycles. The number of nitrogens with one attached hydrogen (secondary N) is 1. The fourth-order valence-electron chi connectivity index (χ4n) is 2.95. The topological polar surface area (TPSA) is 54.4 Å². The molecule has 0 bridgehead atoms. The Balaban J connectivity index is 1.68. The van der Waals surface area contributed by atoms with Gasteiger partial charge in [0, 0.05) is 24.4 Å². The van der Waals surface area contributed by atoms with Gasteiger partial charge in [-0.3, -0.25) is 4.98 Å². The smallest absolute Gasteiger partial charge is 0.138 e. The number of rotatable bonds is 6. The average molecular weight is 312 g/mol. The first-order valence-corrected chi connectivity index (χ1v) is 8.36. The molecule has 1 aromatic carbocycles. The van der Waals surface area contributed by atoms with Crippen molar-refractivity contribution in [2.24, 2.45) is 0 Å². The summed E-state index contributed by atoms with van der Waals surface area (Å²) in [5.41, 5.74) is 3.27. The van der Waals surface area contributed by atoms with Crippen molar-refractivity contribution in [3.63, 3.8) is 0 Å². The van der Waals surface area contributed by atoms with E-state index in [1.54, 1.807) is 6.20 Å². The Hall–Kier alpha value is -1.91. The highest BCUT2D eigenvalue weighted by molar-refractivity contribution is 5.64. The highest BCUT2D eigenvalue weighted by Crippen LogP contribution is 2.24. The van der Waals surface area contributed by atoms with Gasteiger partial charge in [-0.05, 0) is 43.0 Å². The van der Waals surface area contributed by atoms with Gasteiger partial charge in [0.15, 0.2) is 0 Å². The molecule has 2 N–H and O–H groups in total. The van der Waals surface area contributed by atoms with Gasteiger partial charge in [-0.1, -0.05) is 30.7 Å². The monoisotopic (exact) mass is 312 g/mol. The number of hydrogen-bond acceptors (Lipinski definition) is 4. The molecule has 1 saturated heterocycles. The maximum atomic E-state index is 9.08. The predicted octanol–water partition coefficient (Wildman–Crippen LogP) is 2.80. The van der Waals surface area contributed by atoms with E-state index < -0.39 is 0 Å². The molecule has 3 rings (SSSR count). The lowest BCUT2D eigenvalue weighted by atomic mass is 10.0. The Morgan fingerprint density at radius 1 is 1.17 bits per heavy atom. The van der Waals surface area contributed by atoms with Crippen LogP contribution in [0.15, 0.2) is 42.7 Å². The Labute approximate surface area is 137 Å². The molecule has 1 aliphatic rings. The standard InChI is InChI=1S/C19H24N2O2/c22-9-7-15-4-3-5-16(10-15)17-11-19(13-20-12-17)23-14-18-6-1-2-8-21-18/h3-5,10-13,18,21-22H,1-2,6-9,14H2/t18-/m1/s1. The Morgan fingerprint density at radius 3 is 2.96 bits per heavy atom. The molecule has 1 fully saturated rings. The zero-order valence-corrected chi connectivity index (χ0v) is 13.4. The van der Waals surface area contributed by atoms with Crippen molar-refractivity contribution in [2.75, 3.05) is 19.8 Å². The van der Waals surface area contributed by atoms with Crippen LogP contribution in [0.1, 0.15) is 24.8 Å². The third-order valence-electron chi connectivity index (χ3n) is 4.24. The third-order valence-corrected chi connectivity index (χ3v) is 4.24. The minimum Gasteiger partial charge on any atom is -0.490 e. The van der Waals surface area contributed by atoms with E-state index in [2.05, 4.69) is 22.4 Å². The summed E-state index contributed by atoms with van der Waals surface area (Å²) in [4.78, 5) is 4.31. The van der Waals surface area contributed by atoms with Crippen molar-refractivity contribution in [3.05, 3.63) is 48.3 Å². The molecular formula is C19H24N2O2. The summed E-state index contributed by atoms with van der Waals surface area (Å²) in [5.74, 6) is 0.808. The zero-order chi connectivity index (χ0) is 15.9. The third kappa shape index (κ3) is 4.53. The van der Waals surface area contributed by atoms with Gasteiger partial charge in [0.05, 0.1) is 6.20 Å². The number of aliphatic hydroxyl groups excluding tert-OH is 1. The molecule has 1 aromatic heterocycles. The Bertz CT molecular complexity index is 624. The number of hydrogen-bond donors (Lipinski definition) is 2. The molecule has 0 aliphatic carbocycles. The molecule has 1 atom stereocenters. The van der Waals surface area contributed by atoms with Gasteiger partial charge in [-0.25, -0.2) is 0 Å². The van der Waals surface area contributed by atoms with Crippen LogP contribution in [0.25, 0.3) is 11.1 Å². The van der Waals surface area contributed by atoms with Crippen molar-refractivity contribution in [1.82, 2.24) is 10.3 Å². The summed E-state index contributed by atoms with van der Waals surface area (Å²) in [5, 5.41) is 12.6. The van der Waals surface area contributed by atoms with E-state index in [9.17, 15) is 0 Å². The second kappa shape index (κ2) is 8.09. The molecule has 0 amide bonds. The summed E-state index contributed by atoms with van der Waals surface area (Å²) < 4.78 is 5.92. The lowest BCUT2D eigenvalue weighted by Gasteiger charge is -2.23. The van der Waals surface area contributed by atoms with Crippen LogP contribution in [0.5, 0.6) is 5.75 Å². The molecule has 1 aliphatic heterocycles. The van der Waals surface area contributed by atoms with Gasteiger partial charge in [-0.2, -0.15) is 0 Å². The maximum Gasteiger partial charge on any atom is 0.138 e. The fourth-order valence-corrected chi connectivity index (χ4v) is 2.95. The molecule has 4 heteroatoms. The second-order valence-electron chi connectivity index (χ2n) is 6.04. The number of pyridine rings is 1. The van der Waals surface area contributed by atoms with Gasteiger partial charge in [0.2, 0.25) is 0 Å². The van der Waals surface area contributed by atoms with Gasteiger partial charge in [0.25, 0.3) is 0 Å². The van der Waals surface area contributed by atoms with Crippen LogP contribution in [0.3, 0.4) is 0 Å². The summed E-state index contributed by atoms with van der Waals surface area (Å²) >= 11 is 0.